The molecule has 2 aliphatic rings. The van der Waals surface area contributed by atoms with Crippen molar-refractivity contribution < 1.29 is 9.59 Å². The molecule has 1 heterocycles. The van der Waals surface area contributed by atoms with Crippen LogP contribution in [0.4, 0.5) is 0 Å². The van der Waals surface area contributed by atoms with Gasteiger partial charge in [-0.05, 0) is 69.8 Å². The Balaban J connectivity index is 1.40. The van der Waals surface area contributed by atoms with Gasteiger partial charge in [0.2, 0.25) is 11.8 Å². The highest BCUT2D eigenvalue weighted by Gasteiger charge is 2.33. The first-order chi connectivity index (χ1) is 13.6. The quantitative estimate of drug-likeness (QED) is 0.799. The summed E-state index contributed by atoms with van der Waals surface area (Å²) in [6.45, 7) is 5.92. The van der Waals surface area contributed by atoms with Gasteiger partial charge in [0.05, 0.1) is 0 Å². The average molecular weight is 385 g/mol. The molecule has 4 nitrogen and oxygen atoms in total. The Morgan fingerprint density at radius 1 is 1.00 bits per heavy atom. The topological polar surface area (TPSA) is 49.4 Å². The summed E-state index contributed by atoms with van der Waals surface area (Å²) < 4.78 is 0. The fraction of sp³-hybridized carbons (Fsp3) is 0.667. The highest BCUT2D eigenvalue weighted by molar-refractivity contribution is 5.81. The minimum atomic E-state index is 0.0923. The lowest BCUT2D eigenvalue weighted by molar-refractivity contribution is -0.139. The molecule has 0 spiro atoms. The smallest absolute Gasteiger partial charge is 0.225 e. The molecule has 1 aromatic rings. The molecule has 28 heavy (non-hydrogen) atoms. The molecule has 0 aromatic heterocycles. The minimum Gasteiger partial charge on any atom is -0.353 e. The maximum absolute atomic E-state index is 12.9. The molecule has 2 amide bonds. The number of nitrogens with one attached hydrogen (secondary N) is 1. The second kappa shape index (κ2) is 10.1. The van der Waals surface area contributed by atoms with Gasteiger partial charge in [0.15, 0.2) is 0 Å². The van der Waals surface area contributed by atoms with Crippen LogP contribution in [0.1, 0.15) is 64.4 Å². The summed E-state index contributed by atoms with van der Waals surface area (Å²) in [5, 5.41) is 3.10. The van der Waals surface area contributed by atoms with Crippen molar-refractivity contribution in [3.63, 3.8) is 0 Å². The van der Waals surface area contributed by atoms with E-state index in [0.29, 0.717) is 11.8 Å². The Kier molecular flexibility index (Phi) is 7.52. The third-order valence-corrected chi connectivity index (χ3v) is 6.74. The molecule has 1 saturated carbocycles. The lowest BCUT2D eigenvalue weighted by Crippen LogP contribution is -2.44. The molecule has 1 N–H and O–H groups in total. The molecule has 0 bridgehead atoms. The van der Waals surface area contributed by atoms with Crippen molar-refractivity contribution in [3.05, 3.63) is 35.9 Å². The summed E-state index contributed by atoms with van der Waals surface area (Å²) in [6.07, 6.45) is 7.72. The van der Waals surface area contributed by atoms with Crippen molar-refractivity contribution in [2.75, 3.05) is 13.1 Å². The van der Waals surface area contributed by atoms with Gasteiger partial charge in [-0.15, -0.1) is 0 Å². The van der Waals surface area contributed by atoms with Crippen molar-refractivity contribution in [3.8, 4) is 0 Å². The number of carbonyl (C=O) groups excluding carboxylic acids is 2. The zero-order valence-corrected chi connectivity index (χ0v) is 17.5. The van der Waals surface area contributed by atoms with E-state index < -0.39 is 0 Å². The summed E-state index contributed by atoms with van der Waals surface area (Å²) in [5.74, 6) is 1.42. The highest BCUT2D eigenvalue weighted by atomic mass is 16.2. The van der Waals surface area contributed by atoms with Crippen LogP contribution in [0.2, 0.25) is 0 Å². The first-order valence-electron chi connectivity index (χ1n) is 11.2. The second-order valence-corrected chi connectivity index (χ2v) is 8.82. The van der Waals surface area contributed by atoms with Gasteiger partial charge in [-0.25, -0.2) is 0 Å². The normalized spacial score (nSPS) is 24.6. The minimum absolute atomic E-state index is 0.0923. The third kappa shape index (κ3) is 5.59. The largest absolute Gasteiger partial charge is 0.353 e. The van der Waals surface area contributed by atoms with Gasteiger partial charge < -0.3 is 10.2 Å². The van der Waals surface area contributed by atoms with E-state index in [1.165, 1.54) is 5.56 Å². The zero-order chi connectivity index (χ0) is 19.9. The Morgan fingerprint density at radius 3 is 2.21 bits per heavy atom. The first-order valence-corrected chi connectivity index (χ1v) is 11.2. The van der Waals surface area contributed by atoms with Gasteiger partial charge in [0.1, 0.15) is 0 Å². The number of rotatable bonds is 6. The second-order valence-electron chi connectivity index (χ2n) is 8.82. The molecule has 0 radical (unpaired) electrons. The summed E-state index contributed by atoms with van der Waals surface area (Å²) in [4.78, 5) is 27.4. The lowest BCUT2D eigenvalue weighted by atomic mass is 9.80. The zero-order valence-electron chi connectivity index (χ0n) is 17.5. The molecule has 1 aromatic carbocycles. The van der Waals surface area contributed by atoms with Crippen LogP contribution >= 0.6 is 0 Å². The van der Waals surface area contributed by atoms with Crippen molar-refractivity contribution in [2.24, 2.45) is 17.8 Å². The van der Waals surface area contributed by atoms with Crippen LogP contribution in [0, 0.1) is 17.8 Å². The Labute approximate surface area is 170 Å². The van der Waals surface area contributed by atoms with Crippen molar-refractivity contribution in [2.45, 2.75) is 71.3 Å². The number of likely N-dealkylation sites (tertiary alicyclic amines) is 1. The molecule has 1 atom stereocenters. The van der Waals surface area contributed by atoms with Crippen LogP contribution in [0.3, 0.4) is 0 Å². The Morgan fingerprint density at radius 2 is 1.61 bits per heavy atom. The molecule has 154 valence electrons. The number of amides is 2. The molecule has 2 fully saturated rings. The van der Waals surface area contributed by atoms with Gasteiger partial charge in [0.25, 0.3) is 0 Å². The van der Waals surface area contributed by atoms with E-state index in [2.05, 4.69) is 54.4 Å². The lowest BCUT2D eigenvalue weighted by Gasteiger charge is -2.36. The van der Waals surface area contributed by atoms with Crippen LogP contribution in [0.15, 0.2) is 30.3 Å². The molecule has 1 unspecified atom stereocenters. The predicted molar refractivity (Wildman–Crippen MR) is 113 cm³/mol. The average Bonchev–Trinajstić information content (AvgIpc) is 2.74. The number of hydrogen-bond acceptors (Lipinski definition) is 2. The monoisotopic (exact) mass is 384 g/mol. The van der Waals surface area contributed by atoms with Gasteiger partial charge >= 0.3 is 0 Å². The van der Waals surface area contributed by atoms with Crippen LogP contribution in [-0.4, -0.2) is 35.8 Å². The number of hydrogen-bond donors (Lipinski definition) is 1. The van der Waals surface area contributed by atoms with Crippen molar-refractivity contribution >= 4 is 11.8 Å². The fourth-order valence-corrected chi connectivity index (χ4v) is 4.63. The molecule has 1 aliphatic carbocycles. The molecular weight excluding hydrogens is 348 g/mol. The number of carbonyl (C=O) groups is 2. The van der Waals surface area contributed by atoms with Crippen LogP contribution < -0.4 is 5.32 Å². The van der Waals surface area contributed by atoms with Crippen LogP contribution in [-0.2, 0) is 16.0 Å². The van der Waals surface area contributed by atoms with Crippen molar-refractivity contribution in [1.29, 1.82) is 0 Å². The van der Waals surface area contributed by atoms with Gasteiger partial charge in [-0.3, -0.25) is 9.59 Å². The van der Waals surface area contributed by atoms with E-state index in [-0.39, 0.29) is 23.8 Å². The molecule has 1 aliphatic heterocycles. The third-order valence-electron chi connectivity index (χ3n) is 6.74. The standard InChI is InChI=1S/C24H36N2O2/c1-3-18(2)25-23(27)21-9-11-22(12-10-21)24(28)26-15-13-20(14-16-26)17-19-7-5-4-6-8-19/h4-8,18,20-22H,3,9-17H2,1-2H3,(H,25,27). The molecule has 3 rings (SSSR count). The van der Waals surface area contributed by atoms with E-state index >= 15 is 0 Å². The summed E-state index contributed by atoms with van der Waals surface area (Å²) >= 11 is 0. The van der Waals surface area contributed by atoms with E-state index in [4.69, 9.17) is 0 Å². The SMILES string of the molecule is CCC(C)NC(=O)C1CCC(C(=O)N2CCC(Cc3ccccc3)CC2)CC1. The van der Waals surface area contributed by atoms with Crippen LogP contribution in [0.5, 0.6) is 0 Å². The maximum atomic E-state index is 12.9. The van der Waals surface area contributed by atoms with E-state index in [9.17, 15) is 9.59 Å². The van der Waals surface area contributed by atoms with E-state index in [1.807, 2.05) is 0 Å². The summed E-state index contributed by atoms with van der Waals surface area (Å²) in [7, 11) is 0. The number of piperidine rings is 1. The fourth-order valence-electron chi connectivity index (χ4n) is 4.63. The van der Waals surface area contributed by atoms with E-state index in [0.717, 1.165) is 64.5 Å². The van der Waals surface area contributed by atoms with Crippen molar-refractivity contribution in [1.82, 2.24) is 10.2 Å². The molecular formula is C24H36N2O2. The predicted octanol–water partition coefficient (Wildman–Crippen LogP) is 4.19. The van der Waals surface area contributed by atoms with Crippen LogP contribution in [0.25, 0.3) is 0 Å². The van der Waals surface area contributed by atoms with E-state index in [1.54, 1.807) is 0 Å². The van der Waals surface area contributed by atoms with Gasteiger partial charge in [0, 0.05) is 31.0 Å². The highest BCUT2D eigenvalue weighted by Crippen LogP contribution is 2.32. The molecule has 4 heteroatoms. The summed E-state index contributed by atoms with van der Waals surface area (Å²) in [5.41, 5.74) is 1.40. The Hall–Kier alpha value is -1.84. The molecule has 1 saturated heterocycles. The van der Waals surface area contributed by atoms with Gasteiger partial charge in [-0.2, -0.15) is 0 Å². The maximum Gasteiger partial charge on any atom is 0.225 e. The van der Waals surface area contributed by atoms with Gasteiger partial charge in [-0.1, -0.05) is 37.3 Å². The first kappa shape index (κ1) is 20.9. The number of benzene rings is 1. The number of nitrogens with zero attached hydrogens (tertiary/aromatic N) is 1. The summed E-state index contributed by atoms with van der Waals surface area (Å²) in [6, 6.07) is 10.9. The Bertz CT molecular complexity index is 629.